The van der Waals surface area contributed by atoms with Gasteiger partial charge in [0.2, 0.25) is 0 Å². The number of hydrogen-bond donors (Lipinski definition) is 2. The van der Waals surface area contributed by atoms with Crippen LogP contribution in [-0.4, -0.2) is 14.8 Å². The largest absolute Gasteiger partial charge is 0.399 e. The average molecular weight is 217 g/mol. The molecule has 2 rings (SSSR count). The molecule has 0 atom stereocenters. The van der Waals surface area contributed by atoms with Crippen molar-refractivity contribution in [3.63, 3.8) is 0 Å². The molecule has 1 aromatic carbocycles. The predicted octanol–water partition coefficient (Wildman–Crippen LogP) is 1.32. The Morgan fingerprint density at radius 3 is 2.81 bits per heavy atom. The Kier molecular flexibility index (Phi) is 2.76. The number of aryl methyl sites for hydroxylation is 2. The minimum Gasteiger partial charge on any atom is -0.399 e. The number of nitrogens with one attached hydrogen (secondary N) is 1. The molecule has 5 heteroatoms. The van der Waals surface area contributed by atoms with Crippen molar-refractivity contribution < 1.29 is 0 Å². The van der Waals surface area contributed by atoms with Crippen LogP contribution in [-0.2, 0) is 13.6 Å². The van der Waals surface area contributed by atoms with Crippen LogP contribution < -0.4 is 11.1 Å². The Morgan fingerprint density at radius 2 is 2.19 bits per heavy atom. The van der Waals surface area contributed by atoms with E-state index in [1.165, 1.54) is 0 Å². The summed E-state index contributed by atoms with van der Waals surface area (Å²) >= 11 is 0. The number of aromatic nitrogens is 3. The van der Waals surface area contributed by atoms with Gasteiger partial charge in [-0.15, -0.1) is 0 Å². The molecule has 0 aliphatic rings. The first kappa shape index (κ1) is 10.5. The average Bonchev–Trinajstić information content (AvgIpc) is 2.60. The molecule has 16 heavy (non-hydrogen) atoms. The maximum atomic E-state index is 5.76. The van der Waals surface area contributed by atoms with Crippen LogP contribution in [0.2, 0.25) is 0 Å². The summed E-state index contributed by atoms with van der Waals surface area (Å²) in [6, 6.07) is 5.87. The van der Waals surface area contributed by atoms with E-state index in [1.807, 2.05) is 32.2 Å². The monoisotopic (exact) mass is 217 g/mol. The molecule has 1 aromatic heterocycles. The lowest BCUT2D eigenvalue weighted by atomic mass is 10.2. The standard InChI is InChI=1S/C11H15N5/c1-8-3-9(12)5-10(4-8)13-6-11-14-7-16(2)15-11/h3-5,7,13H,6,12H2,1-2H3. The molecule has 0 aliphatic carbocycles. The maximum absolute atomic E-state index is 5.76. The Balaban J connectivity index is 2.04. The highest BCUT2D eigenvalue weighted by Gasteiger charge is 1.99. The molecule has 84 valence electrons. The smallest absolute Gasteiger partial charge is 0.169 e. The van der Waals surface area contributed by atoms with Crippen LogP contribution in [0.5, 0.6) is 0 Å². The number of anilines is 2. The predicted molar refractivity (Wildman–Crippen MR) is 63.9 cm³/mol. The minimum absolute atomic E-state index is 0.601. The van der Waals surface area contributed by atoms with Gasteiger partial charge in [0.1, 0.15) is 6.33 Å². The van der Waals surface area contributed by atoms with Crippen molar-refractivity contribution >= 4 is 11.4 Å². The van der Waals surface area contributed by atoms with Crippen molar-refractivity contribution in [2.45, 2.75) is 13.5 Å². The Bertz CT molecular complexity index is 469. The second-order valence-corrected chi connectivity index (χ2v) is 3.82. The van der Waals surface area contributed by atoms with Crippen LogP contribution in [0.4, 0.5) is 11.4 Å². The van der Waals surface area contributed by atoms with Gasteiger partial charge >= 0.3 is 0 Å². The van der Waals surface area contributed by atoms with E-state index in [4.69, 9.17) is 5.73 Å². The van der Waals surface area contributed by atoms with E-state index in [9.17, 15) is 0 Å². The van der Waals surface area contributed by atoms with E-state index in [0.717, 1.165) is 22.8 Å². The molecule has 0 aliphatic heterocycles. The highest BCUT2D eigenvalue weighted by molar-refractivity contribution is 5.56. The first-order valence-electron chi connectivity index (χ1n) is 5.09. The lowest BCUT2D eigenvalue weighted by Gasteiger charge is -2.06. The fourth-order valence-corrected chi connectivity index (χ4v) is 1.56. The molecule has 1 heterocycles. The summed E-state index contributed by atoms with van der Waals surface area (Å²) in [7, 11) is 1.85. The lowest BCUT2D eigenvalue weighted by Crippen LogP contribution is -2.03. The molecular formula is C11H15N5. The van der Waals surface area contributed by atoms with E-state index in [0.29, 0.717) is 6.54 Å². The Hall–Kier alpha value is -2.04. The topological polar surface area (TPSA) is 68.8 Å². The molecule has 2 aromatic rings. The number of nitrogens with two attached hydrogens (primary N) is 1. The molecule has 0 unspecified atom stereocenters. The van der Waals surface area contributed by atoms with Gasteiger partial charge < -0.3 is 11.1 Å². The molecule has 0 radical (unpaired) electrons. The second kappa shape index (κ2) is 4.22. The molecule has 3 N–H and O–H groups in total. The van der Waals surface area contributed by atoms with Gasteiger partial charge in [0, 0.05) is 18.4 Å². The number of rotatable bonds is 3. The second-order valence-electron chi connectivity index (χ2n) is 3.82. The molecule has 0 spiro atoms. The molecular weight excluding hydrogens is 202 g/mol. The Labute approximate surface area is 94.3 Å². The summed E-state index contributed by atoms with van der Waals surface area (Å²) in [5.41, 5.74) is 8.64. The van der Waals surface area contributed by atoms with E-state index < -0.39 is 0 Å². The maximum Gasteiger partial charge on any atom is 0.169 e. The summed E-state index contributed by atoms with van der Waals surface area (Å²) in [5.74, 6) is 0.766. The third-order valence-electron chi connectivity index (χ3n) is 2.20. The summed E-state index contributed by atoms with van der Waals surface area (Å²) in [6.07, 6.45) is 1.68. The fraction of sp³-hybridized carbons (Fsp3) is 0.273. The lowest BCUT2D eigenvalue weighted by molar-refractivity contribution is 0.747. The van der Waals surface area contributed by atoms with Gasteiger partial charge in [-0.05, 0) is 30.7 Å². The zero-order valence-corrected chi connectivity index (χ0v) is 9.44. The SMILES string of the molecule is Cc1cc(N)cc(NCc2ncn(C)n2)c1. The first-order valence-corrected chi connectivity index (χ1v) is 5.09. The third kappa shape index (κ3) is 2.50. The third-order valence-corrected chi connectivity index (χ3v) is 2.20. The fourth-order valence-electron chi connectivity index (χ4n) is 1.56. The van der Waals surface area contributed by atoms with Crippen molar-refractivity contribution in [3.05, 3.63) is 35.9 Å². The van der Waals surface area contributed by atoms with Crippen molar-refractivity contribution in [2.24, 2.45) is 7.05 Å². The van der Waals surface area contributed by atoms with Crippen LogP contribution in [0.15, 0.2) is 24.5 Å². The van der Waals surface area contributed by atoms with Crippen molar-refractivity contribution in [1.29, 1.82) is 0 Å². The van der Waals surface area contributed by atoms with Crippen molar-refractivity contribution in [1.82, 2.24) is 14.8 Å². The number of hydrogen-bond acceptors (Lipinski definition) is 4. The normalized spacial score (nSPS) is 10.4. The van der Waals surface area contributed by atoms with Gasteiger partial charge in [-0.1, -0.05) is 0 Å². The van der Waals surface area contributed by atoms with E-state index >= 15 is 0 Å². The van der Waals surface area contributed by atoms with E-state index in [-0.39, 0.29) is 0 Å². The van der Waals surface area contributed by atoms with Gasteiger partial charge in [-0.3, -0.25) is 4.68 Å². The minimum atomic E-state index is 0.601. The molecule has 0 bridgehead atoms. The van der Waals surface area contributed by atoms with E-state index in [2.05, 4.69) is 15.4 Å². The summed E-state index contributed by atoms with van der Waals surface area (Å²) in [5, 5.41) is 7.42. The van der Waals surface area contributed by atoms with Crippen molar-refractivity contribution in [3.8, 4) is 0 Å². The van der Waals surface area contributed by atoms with Gasteiger partial charge in [0.15, 0.2) is 5.82 Å². The molecule has 0 fully saturated rings. The molecule has 0 saturated carbocycles. The van der Waals surface area contributed by atoms with Crippen LogP contribution in [0.3, 0.4) is 0 Å². The highest BCUT2D eigenvalue weighted by atomic mass is 15.3. The van der Waals surface area contributed by atoms with Gasteiger partial charge in [-0.2, -0.15) is 5.10 Å². The van der Waals surface area contributed by atoms with Gasteiger partial charge in [0.25, 0.3) is 0 Å². The van der Waals surface area contributed by atoms with E-state index in [1.54, 1.807) is 11.0 Å². The van der Waals surface area contributed by atoms with Gasteiger partial charge in [-0.25, -0.2) is 4.98 Å². The zero-order chi connectivity index (χ0) is 11.5. The molecule has 5 nitrogen and oxygen atoms in total. The zero-order valence-electron chi connectivity index (χ0n) is 9.44. The highest BCUT2D eigenvalue weighted by Crippen LogP contribution is 2.16. The molecule has 0 amide bonds. The van der Waals surface area contributed by atoms with Gasteiger partial charge in [0.05, 0.1) is 6.54 Å². The van der Waals surface area contributed by atoms with Crippen molar-refractivity contribution in [2.75, 3.05) is 11.1 Å². The quantitative estimate of drug-likeness (QED) is 0.761. The summed E-state index contributed by atoms with van der Waals surface area (Å²) in [6.45, 7) is 2.62. The number of benzene rings is 1. The first-order chi connectivity index (χ1) is 7.63. The summed E-state index contributed by atoms with van der Waals surface area (Å²) < 4.78 is 1.68. The number of nitrogens with zero attached hydrogens (tertiary/aromatic N) is 3. The number of nitrogen functional groups attached to an aromatic ring is 1. The van der Waals surface area contributed by atoms with Crippen LogP contribution in [0, 0.1) is 6.92 Å². The summed E-state index contributed by atoms with van der Waals surface area (Å²) in [4.78, 5) is 4.13. The van der Waals surface area contributed by atoms with Crippen LogP contribution in [0.25, 0.3) is 0 Å². The Morgan fingerprint density at radius 1 is 1.38 bits per heavy atom. The van der Waals surface area contributed by atoms with Crippen LogP contribution >= 0.6 is 0 Å². The van der Waals surface area contributed by atoms with Crippen LogP contribution in [0.1, 0.15) is 11.4 Å². The molecule has 0 saturated heterocycles.